The summed E-state index contributed by atoms with van der Waals surface area (Å²) in [7, 11) is 1.48. The van der Waals surface area contributed by atoms with Crippen molar-refractivity contribution >= 4 is 5.91 Å². The Kier molecular flexibility index (Phi) is 3.79. The summed E-state index contributed by atoms with van der Waals surface area (Å²) in [4.78, 5) is 44.3. The van der Waals surface area contributed by atoms with Crippen LogP contribution in [0.15, 0.2) is 20.2 Å². The van der Waals surface area contributed by atoms with Gasteiger partial charge in [-0.25, -0.2) is 9.78 Å². The first-order valence-electron chi connectivity index (χ1n) is 8.18. The second kappa shape index (κ2) is 5.99. The highest BCUT2D eigenvalue weighted by Crippen LogP contribution is 2.29. The Morgan fingerprint density at radius 1 is 1.40 bits per heavy atom. The van der Waals surface area contributed by atoms with Crippen LogP contribution in [0.3, 0.4) is 0 Å². The SMILES string of the molecule is Cn1cc(C(=O)N2CCc3oc(C4CCOC4)nc3C2)c(=O)[nH]c1=O. The molecule has 0 aliphatic carbocycles. The van der Waals surface area contributed by atoms with Crippen LogP contribution in [0.25, 0.3) is 0 Å². The molecule has 1 N–H and O–H groups in total. The van der Waals surface area contributed by atoms with Gasteiger partial charge in [0, 0.05) is 32.8 Å². The minimum Gasteiger partial charge on any atom is -0.445 e. The summed E-state index contributed by atoms with van der Waals surface area (Å²) in [5.74, 6) is 1.20. The molecule has 0 aromatic carbocycles. The van der Waals surface area contributed by atoms with Crippen LogP contribution in [0.2, 0.25) is 0 Å². The van der Waals surface area contributed by atoms with Crippen LogP contribution in [0.4, 0.5) is 0 Å². The van der Waals surface area contributed by atoms with Crippen LogP contribution in [0.5, 0.6) is 0 Å². The summed E-state index contributed by atoms with van der Waals surface area (Å²) in [6.45, 7) is 2.03. The number of amides is 1. The van der Waals surface area contributed by atoms with Crippen LogP contribution in [0.1, 0.15) is 40.0 Å². The third kappa shape index (κ3) is 2.80. The van der Waals surface area contributed by atoms with Crippen LogP contribution in [-0.4, -0.2) is 45.1 Å². The summed E-state index contributed by atoms with van der Waals surface area (Å²) in [6, 6.07) is 0. The van der Waals surface area contributed by atoms with E-state index in [1.807, 2.05) is 0 Å². The van der Waals surface area contributed by atoms with Crippen LogP contribution < -0.4 is 11.2 Å². The smallest absolute Gasteiger partial charge is 0.328 e. The van der Waals surface area contributed by atoms with Gasteiger partial charge in [0.1, 0.15) is 17.0 Å². The molecule has 2 aliphatic rings. The average molecular weight is 346 g/mol. The summed E-state index contributed by atoms with van der Waals surface area (Å²) in [5.41, 5.74) is -0.563. The zero-order valence-electron chi connectivity index (χ0n) is 13.8. The van der Waals surface area contributed by atoms with Gasteiger partial charge >= 0.3 is 5.69 Å². The monoisotopic (exact) mass is 346 g/mol. The fourth-order valence-electron chi connectivity index (χ4n) is 3.18. The summed E-state index contributed by atoms with van der Waals surface area (Å²) in [5, 5.41) is 0. The number of hydrogen-bond donors (Lipinski definition) is 1. The van der Waals surface area contributed by atoms with Crippen molar-refractivity contribution in [2.24, 2.45) is 7.05 Å². The molecule has 1 unspecified atom stereocenters. The third-order valence-electron chi connectivity index (χ3n) is 4.65. The minimum atomic E-state index is -0.678. The number of aromatic amines is 1. The molecule has 1 amide bonds. The van der Waals surface area contributed by atoms with E-state index in [0.717, 1.165) is 17.9 Å². The summed E-state index contributed by atoms with van der Waals surface area (Å²) >= 11 is 0. The molecule has 2 aliphatic heterocycles. The van der Waals surface area contributed by atoms with Gasteiger partial charge in [-0.05, 0) is 6.42 Å². The topological polar surface area (TPSA) is 110 Å². The number of H-pyrrole nitrogens is 1. The maximum atomic E-state index is 12.7. The van der Waals surface area contributed by atoms with Crippen molar-refractivity contribution in [1.82, 2.24) is 19.4 Å². The molecule has 1 fully saturated rings. The van der Waals surface area contributed by atoms with Crippen molar-refractivity contribution in [2.45, 2.75) is 25.3 Å². The minimum absolute atomic E-state index is 0.0570. The number of nitrogens with zero attached hydrogens (tertiary/aromatic N) is 3. The van der Waals surface area contributed by atoms with Gasteiger partial charge in [-0.2, -0.15) is 0 Å². The lowest BCUT2D eigenvalue weighted by atomic mass is 10.1. The molecule has 9 nitrogen and oxygen atoms in total. The number of carbonyl (C=O) groups excluding carboxylic acids is 1. The molecule has 0 bridgehead atoms. The number of rotatable bonds is 2. The van der Waals surface area contributed by atoms with Crippen molar-refractivity contribution < 1.29 is 13.9 Å². The van der Waals surface area contributed by atoms with Gasteiger partial charge in [-0.15, -0.1) is 0 Å². The number of nitrogens with one attached hydrogen (secondary N) is 1. The Bertz CT molecular complexity index is 935. The van der Waals surface area contributed by atoms with Gasteiger partial charge in [0.05, 0.1) is 19.1 Å². The van der Waals surface area contributed by atoms with Crippen molar-refractivity contribution in [3.05, 3.63) is 49.9 Å². The number of aromatic nitrogens is 3. The molecule has 0 spiro atoms. The molecule has 4 heterocycles. The largest absolute Gasteiger partial charge is 0.445 e. The van der Waals surface area contributed by atoms with E-state index in [0.29, 0.717) is 32.1 Å². The van der Waals surface area contributed by atoms with Gasteiger partial charge in [0.15, 0.2) is 5.89 Å². The zero-order valence-corrected chi connectivity index (χ0v) is 13.8. The first-order chi connectivity index (χ1) is 12.0. The Morgan fingerprint density at radius 2 is 2.24 bits per heavy atom. The van der Waals surface area contributed by atoms with Crippen LogP contribution in [-0.2, 0) is 24.8 Å². The molecule has 9 heteroatoms. The molecular weight excluding hydrogens is 328 g/mol. The fourth-order valence-corrected chi connectivity index (χ4v) is 3.18. The fraction of sp³-hybridized carbons (Fsp3) is 0.500. The lowest BCUT2D eigenvalue weighted by Gasteiger charge is -2.25. The van der Waals surface area contributed by atoms with E-state index in [4.69, 9.17) is 9.15 Å². The average Bonchev–Trinajstić information content (AvgIpc) is 3.25. The van der Waals surface area contributed by atoms with Gasteiger partial charge in [-0.3, -0.25) is 14.6 Å². The predicted molar refractivity (Wildman–Crippen MR) is 85.4 cm³/mol. The van der Waals surface area contributed by atoms with Gasteiger partial charge in [0.2, 0.25) is 0 Å². The number of fused-ring (bicyclic) bond motifs is 1. The molecule has 1 saturated heterocycles. The number of ether oxygens (including phenoxy) is 1. The summed E-state index contributed by atoms with van der Waals surface area (Å²) < 4.78 is 12.4. The van der Waals surface area contributed by atoms with E-state index in [1.54, 1.807) is 4.90 Å². The maximum Gasteiger partial charge on any atom is 0.328 e. The highest BCUT2D eigenvalue weighted by atomic mass is 16.5. The van der Waals surface area contributed by atoms with Crippen LogP contribution in [0, 0.1) is 0 Å². The van der Waals surface area contributed by atoms with E-state index in [9.17, 15) is 14.4 Å². The molecule has 0 saturated carbocycles. The Morgan fingerprint density at radius 3 is 3.00 bits per heavy atom. The number of oxazole rings is 1. The van der Waals surface area contributed by atoms with E-state index >= 15 is 0 Å². The molecule has 2 aromatic heterocycles. The van der Waals surface area contributed by atoms with Gasteiger partial charge in [0.25, 0.3) is 11.5 Å². The van der Waals surface area contributed by atoms with Crippen LogP contribution >= 0.6 is 0 Å². The third-order valence-corrected chi connectivity index (χ3v) is 4.65. The van der Waals surface area contributed by atoms with Crippen molar-refractivity contribution in [3.8, 4) is 0 Å². The first kappa shape index (κ1) is 15.8. The maximum absolute atomic E-state index is 12.7. The predicted octanol–water partition coefficient (Wildman–Crippen LogP) is -0.236. The van der Waals surface area contributed by atoms with Crippen molar-refractivity contribution in [3.63, 3.8) is 0 Å². The lowest BCUT2D eigenvalue weighted by molar-refractivity contribution is 0.0725. The highest BCUT2D eigenvalue weighted by molar-refractivity contribution is 5.93. The van der Waals surface area contributed by atoms with Crippen molar-refractivity contribution in [2.75, 3.05) is 19.8 Å². The van der Waals surface area contributed by atoms with Gasteiger partial charge in [-0.1, -0.05) is 0 Å². The normalized spacial score (nSPS) is 19.9. The van der Waals surface area contributed by atoms with E-state index in [2.05, 4.69) is 9.97 Å². The van der Waals surface area contributed by atoms with Crippen molar-refractivity contribution in [1.29, 1.82) is 0 Å². The molecule has 132 valence electrons. The molecule has 1 atom stereocenters. The van der Waals surface area contributed by atoms with Gasteiger partial charge < -0.3 is 18.6 Å². The Balaban J connectivity index is 1.58. The molecule has 0 radical (unpaired) electrons. The molecule has 4 rings (SSSR count). The zero-order chi connectivity index (χ0) is 17.6. The number of carbonyl (C=O) groups is 1. The lowest BCUT2D eigenvalue weighted by Crippen LogP contribution is -2.40. The van der Waals surface area contributed by atoms with E-state index in [1.165, 1.54) is 17.8 Å². The number of aryl methyl sites for hydroxylation is 1. The second-order valence-corrected chi connectivity index (χ2v) is 6.37. The quantitative estimate of drug-likeness (QED) is 0.804. The Labute approximate surface area is 142 Å². The number of hydrogen-bond acceptors (Lipinski definition) is 6. The Hall–Kier alpha value is -2.68. The van der Waals surface area contributed by atoms with E-state index in [-0.39, 0.29) is 18.0 Å². The second-order valence-electron chi connectivity index (χ2n) is 6.37. The molecular formula is C16H18N4O5. The molecule has 2 aromatic rings. The highest BCUT2D eigenvalue weighted by Gasteiger charge is 2.30. The van der Waals surface area contributed by atoms with E-state index < -0.39 is 17.2 Å². The standard InChI is InChI=1S/C16H18N4O5/c1-19-6-10(13(21)18-16(19)23)15(22)20-4-2-12-11(7-20)17-14(25-12)9-3-5-24-8-9/h6,9H,2-5,7-8H2,1H3,(H,18,21,23). The first-order valence-corrected chi connectivity index (χ1v) is 8.18. The summed E-state index contributed by atoms with van der Waals surface area (Å²) in [6.07, 6.45) is 2.70. The molecule has 25 heavy (non-hydrogen) atoms.